The van der Waals surface area contributed by atoms with Crippen LogP contribution in [0.15, 0.2) is 48.6 Å². The molecule has 0 aliphatic heterocycles. The second-order valence-corrected chi connectivity index (χ2v) is 18.1. The van der Waals surface area contributed by atoms with E-state index in [9.17, 15) is 14.4 Å². The molecule has 1 unspecified atom stereocenters. The molecule has 0 aromatic rings. The third-order valence-corrected chi connectivity index (χ3v) is 11.8. The molecular weight excluding hydrogens is 781 g/mol. The summed E-state index contributed by atoms with van der Waals surface area (Å²) in [6, 6.07) is 0. The lowest BCUT2D eigenvalue weighted by atomic mass is 10.1. The number of hydrogen-bond donors (Lipinski definition) is 0. The predicted molar refractivity (Wildman–Crippen MR) is 270 cm³/mol. The lowest BCUT2D eigenvalue weighted by Gasteiger charge is -2.18. The highest BCUT2D eigenvalue weighted by atomic mass is 16.6. The molecule has 0 bridgehead atoms. The summed E-state index contributed by atoms with van der Waals surface area (Å²) in [5, 5.41) is 0. The Labute approximate surface area is 390 Å². The van der Waals surface area contributed by atoms with Gasteiger partial charge in [0.25, 0.3) is 0 Å². The van der Waals surface area contributed by atoms with E-state index in [1.165, 1.54) is 154 Å². The van der Waals surface area contributed by atoms with E-state index in [1.54, 1.807) is 0 Å². The van der Waals surface area contributed by atoms with E-state index < -0.39 is 6.10 Å². The Balaban J connectivity index is 4.30. The first-order valence-corrected chi connectivity index (χ1v) is 27.1. The van der Waals surface area contributed by atoms with Crippen molar-refractivity contribution in [3.8, 4) is 0 Å². The fourth-order valence-corrected chi connectivity index (χ4v) is 7.62. The van der Waals surface area contributed by atoms with Gasteiger partial charge in [0, 0.05) is 19.3 Å². The Morgan fingerprint density at radius 2 is 0.587 bits per heavy atom. The maximum atomic E-state index is 12.8. The van der Waals surface area contributed by atoms with Gasteiger partial charge in [0.05, 0.1) is 0 Å². The van der Waals surface area contributed by atoms with Crippen molar-refractivity contribution in [1.29, 1.82) is 0 Å². The van der Waals surface area contributed by atoms with E-state index in [0.717, 1.165) is 83.5 Å². The summed E-state index contributed by atoms with van der Waals surface area (Å²) in [7, 11) is 0. The molecule has 0 aliphatic rings. The minimum atomic E-state index is -0.780. The Kier molecular flexibility index (Phi) is 49.8. The number of rotatable bonds is 49. The van der Waals surface area contributed by atoms with Crippen molar-refractivity contribution in [2.24, 2.45) is 0 Å². The minimum absolute atomic E-state index is 0.0804. The topological polar surface area (TPSA) is 78.9 Å². The lowest BCUT2D eigenvalue weighted by Crippen LogP contribution is -2.30. The SMILES string of the molecule is CCCC/C=C\CCCCCCCC(=O)OCC(COC(=O)CCCCCCCCCCC/C=C\C/C=C\CCCCCCC)OC(=O)CCCCCCC/C=C\CCCCCC. The highest BCUT2D eigenvalue weighted by Gasteiger charge is 2.19. The number of hydrogen-bond acceptors (Lipinski definition) is 6. The molecule has 0 fully saturated rings. The van der Waals surface area contributed by atoms with Crippen molar-refractivity contribution in [2.45, 2.75) is 284 Å². The number of allylic oxidation sites excluding steroid dienone is 8. The Bertz CT molecular complexity index is 1110. The van der Waals surface area contributed by atoms with Crippen molar-refractivity contribution < 1.29 is 28.6 Å². The molecular formula is C57H102O6. The van der Waals surface area contributed by atoms with E-state index in [-0.39, 0.29) is 31.1 Å². The maximum absolute atomic E-state index is 12.8. The van der Waals surface area contributed by atoms with Crippen LogP contribution in [0.2, 0.25) is 0 Å². The van der Waals surface area contributed by atoms with Gasteiger partial charge in [-0.1, -0.05) is 211 Å². The van der Waals surface area contributed by atoms with Crippen LogP contribution in [0.1, 0.15) is 278 Å². The standard InChI is InChI=1S/C57H102O6/c1-4-7-10-13-16-19-22-24-25-26-27-28-29-30-31-33-35-38-41-44-47-50-56(59)62-53-54(52-61-55(58)49-46-43-40-37-34-21-18-15-12-9-6-3)63-57(60)51-48-45-42-39-36-32-23-20-17-14-11-8-5-2/h15,18,20,22-24,26-27,54H,4-14,16-17,19,21,25,28-53H2,1-3H3/b18-15-,23-20-,24-22-,27-26-. The fourth-order valence-electron chi connectivity index (χ4n) is 7.62. The molecule has 0 rings (SSSR count). The maximum Gasteiger partial charge on any atom is 0.306 e. The normalized spacial score (nSPS) is 12.4. The molecule has 6 nitrogen and oxygen atoms in total. The van der Waals surface area contributed by atoms with E-state index in [2.05, 4.69) is 69.4 Å². The quantitative estimate of drug-likeness (QED) is 0.0262. The molecule has 0 N–H and O–H groups in total. The predicted octanol–water partition coefficient (Wildman–Crippen LogP) is 17.9. The van der Waals surface area contributed by atoms with Gasteiger partial charge in [-0.05, 0) is 96.3 Å². The second kappa shape index (κ2) is 52.0. The Hall–Kier alpha value is -2.63. The van der Waals surface area contributed by atoms with Crippen molar-refractivity contribution >= 4 is 17.9 Å². The van der Waals surface area contributed by atoms with Gasteiger partial charge < -0.3 is 14.2 Å². The van der Waals surface area contributed by atoms with Gasteiger partial charge in [0.1, 0.15) is 13.2 Å². The van der Waals surface area contributed by atoms with Gasteiger partial charge in [-0.15, -0.1) is 0 Å². The molecule has 366 valence electrons. The largest absolute Gasteiger partial charge is 0.462 e. The van der Waals surface area contributed by atoms with E-state index >= 15 is 0 Å². The van der Waals surface area contributed by atoms with Gasteiger partial charge in [-0.2, -0.15) is 0 Å². The van der Waals surface area contributed by atoms with Gasteiger partial charge >= 0.3 is 17.9 Å². The molecule has 0 radical (unpaired) electrons. The summed E-state index contributed by atoms with van der Waals surface area (Å²) in [5.41, 5.74) is 0. The number of carbonyl (C=O) groups excluding carboxylic acids is 3. The van der Waals surface area contributed by atoms with E-state index in [4.69, 9.17) is 14.2 Å². The summed E-state index contributed by atoms with van der Waals surface area (Å²) in [6.45, 7) is 6.57. The number of unbranched alkanes of at least 4 members (excludes halogenated alkanes) is 30. The molecule has 63 heavy (non-hydrogen) atoms. The van der Waals surface area contributed by atoms with Crippen LogP contribution >= 0.6 is 0 Å². The first-order chi connectivity index (χ1) is 31.0. The average Bonchev–Trinajstić information content (AvgIpc) is 3.28. The van der Waals surface area contributed by atoms with Crippen LogP contribution in [0.25, 0.3) is 0 Å². The average molecular weight is 883 g/mol. The molecule has 1 atom stereocenters. The molecule has 0 aromatic carbocycles. The molecule has 0 saturated heterocycles. The van der Waals surface area contributed by atoms with Gasteiger partial charge in [-0.3, -0.25) is 14.4 Å². The van der Waals surface area contributed by atoms with Crippen LogP contribution < -0.4 is 0 Å². The lowest BCUT2D eigenvalue weighted by molar-refractivity contribution is -0.167. The summed E-state index contributed by atoms with van der Waals surface area (Å²) in [5.74, 6) is -0.896. The Morgan fingerprint density at radius 3 is 0.952 bits per heavy atom. The van der Waals surface area contributed by atoms with Gasteiger partial charge in [0.15, 0.2) is 6.10 Å². The molecule has 0 spiro atoms. The first kappa shape index (κ1) is 60.4. The van der Waals surface area contributed by atoms with Crippen LogP contribution in [0.4, 0.5) is 0 Å². The van der Waals surface area contributed by atoms with Crippen LogP contribution in [0.5, 0.6) is 0 Å². The summed E-state index contributed by atoms with van der Waals surface area (Å²) < 4.78 is 16.8. The second-order valence-electron chi connectivity index (χ2n) is 18.1. The monoisotopic (exact) mass is 883 g/mol. The number of esters is 3. The van der Waals surface area contributed by atoms with Gasteiger partial charge in [0.2, 0.25) is 0 Å². The third-order valence-electron chi connectivity index (χ3n) is 11.8. The number of ether oxygens (including phenoxy) is 3. The highest BCUT2D eigenvalue weighted by molar-refractivity contribution is 5.71. The van der Waals surface area contributed by atoms with Crippen LogP contribution in [-0.2, 0) is 28.6 Å². The molecule has 0 amide bonds. The molecule has 0 saturated carbocycles. The van der Waals surface area contributed by atoms with E-state index in [0.29, 0.717) is 19.3 Å². The zero-order valence-corrected chi connectivity index (χ0v) is 41.8. The van der Waals surface area contributed by atoms with E-state index in [1.807, 2.05) is 0 Å². The molecule has 0 aliphatic carbocycles. The fraction of sp³-hybridized carbons (Fsp3) is 0.807. The third kappa shape index (κ3) is 50.2. The smallest absolute Gasteiger partial charge is 0.306 e. The van der Waals surface area contributed by atoms with Crippen LogP contribution in [-0.4, -0.2) is 37.2 Å². The zero-order chi connectivity index (χ0) is 45.8. The molecule has 0 aromatic heterocycles. The van der Waals surface area contributed by atoms with Crippen molar-refractivity contribution in [2.75, 3.05) is 13.2 Å². The van der Waals surface area contributed by atoms with Crippen molar-refractivity contribution in [3.05, 3.63) is 48.6 Å². The molecule has 6 heteroatoms. The first-order valence-electron chi connectivity index (χ1n) is 27.1. The van der Waals surface area contributed by atoms with Crippen molar-refractivity contribution in [3.63, 3.8) is 0 Å². The summed E-state index contributed by atoms with van der Waals surface area (Å²) >= 11 is 0. The van der Waals surface area contributed by atoms with Gasteiger partial charge in [-0.25, -0.2) is 0 Å². The number of carbonyl (C=O) groups is 3. The summed E-state index contributed by atoms with van der Waals surface area (Å²) in [4.78, 5) is 38.0. The minimum Gasteiger partial charge on any atom is -0.462 e. The summed E-state index contributed by atoms with van der Waals surface area (Å²) in [6.07, 6.45) is 62.4. The van der Waals surface area contributed by atoms with Crippen LogP contribution in [0, 0.1) is 0 Å². The van der Waals surface area contributed by atoms with Crippen molar-refractivity contribution in [1.82, 2.24) is 0 Å². The zero-order valence-electron chi connectivity index (χ0n) is 41.8. The molecule has 0 heterocycles. The Morgan fingerprint density at radius 1 is 0.317 bits per heavy atom. The van der Waals surface area contributed by atoms with Crippen LogP contribution in [0.3, 0.4) is 0 Å². The highest BCUT2D eigenvalue weighted by Crippen LogP contribution is 2.15.